The first-order valence-corrected chi connectivity index (χ1v) is 6.91. The standard InChI is InChI=1S/C15H20N2O4/c1-10-5-12(7-13(6-10)17(19)20)14(18)16-8-11(2)21-15(3,4)9-16/h5-7,11H,8-9H2,1-4H3. The van der Waals surface area contributed by atoms with E-state index in [0.29, 0.717) is 24.2 Å². The van der Waals surface area contributed by atoms with E-state index in [2.05, 4.69) is 0 Å². The van der Waals surface area contributed by atoms with E-state index in [-0.39, 0.29) is 17.7 Å². The zero-order valence-corrected chi connectivity index (χ0v) is 12.8. The molecule has 1 heterocycles. The summed E-state index contributed by atoms with van der Waals surface area (Å²) in [5, 5.41) is 10.9. The van der Waals surface area contributed by atoms with Crippen LogP contribution in [0.3, 0.4) is 0 Å². The first kappa shape index (κ1) is 15.4. The molecule has 1 aromatic carbocycles. The molecule has 0 spiro atoms. The molecule has 0 bridgehead atoms. The van der Waals surface area contributed by atoms with Crippen LogP contribution < -0.4 is 0 Å². The number of hydrogen-bond acceptors (Lipinski definition) is 4. The molecule has 114 valence electrons. The lowest BCUT2D eigenvalue weighted by Crippen LogP contribution is -2.53. The average molecular weight is 292 g/mol. The Morgan fingerprint density at radius 3 is 2.67 bits per heavy atom. The number of nitrogens with zero attached hydrogens (tertiary/aromatic N) is 2. The third kappa shape index (κ3) is 3.58. The number of hydrogen-bond donors (Lipinski definition) is 0. The van der Waals surface area contributed by atoms with Crippen LogP contribution >= 0.6 is 0 Å². The summed E-state index contributed by atoms with van der Waals surface area (Å²) >= 11 is 0. The van der Waals surface area contributed by atoms with Gasteiger partial charge in [0.25, 0.3) is 11.6 Å². The lowest BCUT2D eigenvalue weighted by molar-refractivity contribution is -0.384. The van der Waals surface area contributed by atoms with Crippen molar-refractivity contribution < 1.29 is 14.5 Å². The van der Waals surface area contributed by atoms with Crippen LogP contribution in [-0.2, 0) is 4.74 Å². The van der Waals surface area contributed by atoms with Gasteiger partial charge in [0.15, 0.2) is 0 Å². The lowest BCUT2D eigenvalue weighted by atomic mass is 10.0. The topological polar surface area (TPSA) is 72.7 Å². The van der Waals surface area contributed by atoms with Gasteiger partial charge in [0.1, 0.15) is 0 Å². The van der Waals surface area contributed by atoms with E-state index < -0.39 is 10.5 Å². The van der Waals surface area contributed by atoms with Crippen molar-refractivity contribution in [1.29, 1.82) is 0 Å². The maximum absolute atomic E-state index is 12.6. The lowest BCUT2D eigenvalue weighted by Gasteiger charge is -2.41. The van der Waals surface area contributed by atoms with Crippen molar-refractivity contribution in [2.24, 2.45) is 0 Å². The van der Waals surface area contributed by atoms with Crippen molar-refractivity contribution in [3.05, 3.63) is 39.4 Å². The van der Waals surface area contributed by atoms with Gasteiger partial charge in [0.05, 0.1) is 16.6 Å². The quantitative estimate of drug-likeness (QED) is 0.620. The van der Waals surface area contributed by atoms with E-state index in [0.717, 1.165) is 0 Å². The molecule has 2 rings (SSSR count). The zero-order valence-electron chi connectivity index (χ0n) is 12.8. The van der Waals surface area contributed by atoms with Crippen LogP contribution in [0.1, 0.15) is 36.7 Å². The minimum Gasteiger partial charge on any atom is -0.369 e. The molecular weight excluding hydrogens is 272 g/mol. The highest BCUT2D eigenvalue weighted by molar-refractivity contribution is 5.95. The Hall–Kier alpha value is -1.95. The summed E-state index contributed by atoms with van der Waals surface area (Å²) in [6.45, 7) is 8.49. The predicted octanol–water partition coefficient (Wildman–Crippen LogP) is 2.54. The molecule has 1 amide bonds. The molecule has 0 N–H and O–H groups in total. The first-order valence-electron chi connectivity index (χ1n) is 6.91. The number of benzene rings is 1. The highest BCUT2D eigenvalue weighted by Crippen LogP contribution is 2.24. The number of non-ortho nitro benzene ring substituents is 1. The molecule has 1 fully saturated rings. The zero-order chi connectivity index (χ0) is 15.8. The molecule has 0 saturated carbocycles. The molecule has 0 aliphatic carbocycles. The Morgan fingerprint density at radius 2 is 2.10 bits per heavy atom. The van der Waals surface area contributed by atoms with Crippen molar-refractivity contribution in [3.8, 4) is 0 Å². The molecule has 1 aromatic rings. The molecule has 1 atom stereocenters. The molecule has 6 heteroatoms. The van der Waals surface area contributed by atoms with Gasteiger partial charge in [0.2, 0.25) is 0 Å². The molecule has 21 heavy (non-hydrogen) atoms. The molecule has 6 nitrogen and oxygen atoms in total. The van der Waals surface area contributed by atoms with Crippen LogP contribution in [0.15, 0.2) is 18.2 Å². The van der Waals surface area contributed by atoms with E-state index >= 15 is 0 Å². The number of morpholine rings is 1. The Morgan fingerprint density at radius 1 is 1.43 bits per heavy atom. The van der Waals surface area contributed by atoms with E-state index in [4.69, 9.17) is 4.74 Å². The minimum atomic E-state index is -0.477. The normalized spacial score (nSPS) is 21.1. The number of amides is 1. The number of aryl methyl sites for hydroxylation is 1. The van der Waals surface area contributed by atoms with Crippen molar-refractivity contribution in [3.63, 3.8) is 0 Å². The molecule has 1 unspecified atom stereocenters. The number of ether oxygens (including phenoxy) is 1. The van der Waals surface area contributed by atoms with E-state index in [1.807, 2.05) is 20.8 Å². The van der Waals surface area contributed by atoms with Crippen molar-refractivity contribution in [2.75, 3.05) is 13.1 Å². The third-order valence-electron chi connectivity index (χ3n) is 3.38. The van der Waals surface area contributed by atoms with Gasteiger partial charge in [0, 0.05) is 30.8 Å². The maximum Gasteiger partial charge on any atom is 0.270 e. The number of carbonyl (C=O) groups excluding carboxylic acids is 1. The fraction of sp³-hybridized carbons (Fsp3) is 0.533. The van der Waals surface area contributed by atoms with Crippen LogP contribution in [0, 0.1) is 17.0 Å². The molecule has 1 aliphatic heterocycles. The number of nitro groups is 1. The van der Waals surface area contributed by atoms with Crippen LogP contribution in [0.25, 0.3) is 0 Å². The van der Waals surface area contributed by atoms with Gasteiger partial charge in [-0.3, -0.25) is 14.9 Å². The summed E-state index contributed by atoms with van der Waals surface area (Å²) < 4.78 is 5.77. The Kier molecular flexibility index (Phi) is 4.00. The summed E-state index contributed by atoms with van der Waals surface area (Å²) in [6.07, 6.45) is -0.0579. The van der Waals surface area contributed by atoms with Gasteiger partial charge in [-0.25, -0.2) is 0 Å². The summed E-state index contributed by atoms with van der Waals surface area (Å²) in [6, 6.07) is 4.48. The monoisotopic (exact) mass is 292 g/mol. The Labute approximate surface area is 123 Å². The van der Waals surface area contributed by atoms with Gasteiger partial charge in [-0.1, -0.05) is 0 Å². The van der Waals surface area contributed by atoms with Gasteiger partial charge < -0.3 is 9.64 Å². The SMILES string of the molecule is Cc1cc(C(=O)N2CC(C)OC(C)(C)C2)cc([N+](=O)[O-])c1. The fourth-order valence-corrected chi connectivity index (χ4v) is 2.78. The first-order chi connectivity index (χ1) is 9.68. The van der Waals surface area contributed by atoms with Gasteiger partial charge in [-0.2, -0.15) is 0 Å². The number of nitro benzene ring substituents is 1. The highest BCUT2D eigenvalue weighted by Gasteiger charge is 2.34. The number of carbonyl (C=O) groups is 1. The fourth-order valence-electron chi connectivity index (χ4n) is 2.78. The van der Waals surface area contributed by atoms with Crippen LogP contribution in [0.2, 0.25) is 0 Å². The second-order valence-corrected chi connectivity index (χ2v) is 6.19. The van der Waals surface area contributed by atoms with Crippen molar-refractivity contribution in [2.45, 2.75) is 39.4 Å². The second-order valence-electron chi connectivity index (χ2n) is 6.19. The van der Waals surface area contributed by atoms with Gasteiger partial charge in [-0.15, -0.1) is 0 Å². The summed E-state index contributed by atoms with van der Waals surface area (Å²) in [5.74, 6) is -0.190. The Bertz CT molecular complexity index is 583. The van der Waals surface area contributed by atoms with Crippen LogP contribution in [0.5, 0.6) is 0 Å². The summed E-state index contributed by atoms with van der Waals surface area (Å²) in [5.41, 5.74) is 0.585. The molecular formula is C15H20N2O4. The van der Waals surface area contributed by atoms with Crippen molar-refractivity contribution in [1.82, 2.24) is 4.90 Å². The van der Waals surface area contributed by atoms with E-state index in [9.17, 15) is 14.9 Å². The van der Waals surface area contributed by atoms with E-state index in [1.165, 1.54) is 12.1 Å². The molecule has 0 aromatic heterocycles. The van der Waals surface area contributed by atoms with Crippen LogP contribution in [-0.4, -0.2) is 40.5 Å². The van der Waals surface area contributed by atoms with Gasteiger partial charge in [-0.05, 0) is 39.3 Å². The average Bonchev–Trinajstić information content (AvgIpc) is 2.34. The number of rotatable bonds is 2. The minimum absolute atomic E-state index is 0.0566. The van der Waals surface area contributed by atoms with Crippen molar-refractivity contribution >= 4 is 11.6 Å². The third-order valence-corrected chi connectivity index (χ3v) is 3.38. The maximum atomic E-state index is 12.6. The Balaban J connectivity index is 2.29. The summed E-state index contributed by atoms with van der Waals surface area (Å²) in [4.78, 5) is 24.8. The highest BCUT2D eigenvalue weighted by atomic mass is 16.6. The smallest absolute Gasteiger partial charge is 0.270 e. The molecule has 1 aliphatic rings. The van der Waals surface area contributed by atoms with E-state index in [1.54, 1.807) is 17.9 Å². The summed E-state index contributed by atoms with van der Waals surface area (Å²) in [7, 11) is 0. The molecule has 0 radical (unpaired) electrons. The second kappa shape index (κ2) is 5.44. The van der Waals surface area contributed by atoms with Crippen LogP contribution in [0.4, 0.5) is 5.69 Å². The predicted molar refractivity (Wildman–Crippen MR) is 78.4 cm³/mol. The molecule has 1 saturated heterocycles. The largest absolute Gasteiger partial charge is 0.369 e. The van der Waals surface area contributed by atoms with Gasteiger partial charge >= 0.3 is 0 Å².